The topological polar surface area (TPSA) is 296 Å². The number of ketones is 9. The molecule has 93 heavy (non-hydrogen) atoms. The van der Waals surface area contributed by atoms with Gasteiger partial charge in [-0.2, -0.15) is 31.2 Å². The SMILES string of the molecule is [B]B=S(=B[B])(CC(=O)C(CCC(=O)NCCOCCOCC(=O)NC(CCC(=O)CC(CCC(=O)CP([B])C)C(=O)CP([B])C)C(=O)CC(CCC(=O)CP([B])C)C(=O)CP([B])C)CC(=O)CCC(CCC(=O)COCCOCC)C(=O)NCCOCCOC)B([B])[B]. The van der Waals surface area contributed by atoms with Crippen LogP contribution < -0.4 is 16.0 Å². The van der Waals surface area contributed by atoms with Gasteiger partial charge >= 0.3 is 210 Å². The van der Waals surface area contributed by atoms with Crippen LogP contribution in [0.15, 0.2) is 0 Å². The Balaban J connectivity index is 5.98. The number of ether oxygens (including phenoxy) is 6. The molecule has 0 rings (SSSR count). The first-order chi connectivity index (χ1) is 44.0. The molecule has 0 aliphatic rings. The van der Waals surface area contributed by atoms with Gasteiger partial charge in [-0.05, 0) is 26.2 Å². The molecule has 16 radical (unpaired) electrons. The minimum absolute atomic E-state index is 0.00190. The van der Waals surface area contributed by atoms with E-state index in [1.165, 1.54) is 19.2 Å². The summed E-state index contributed by atoms with van der Waals surface area (Å²) in [4.78, 5) is 160. The zero-order valence-corrected chi connectivity index (χ0v) is 60.0. The summed E-state index contributed by atoms with van der Waals surface area (Å²) in [6, 6.07) is 1.10. The number of carbonyl (C=O) groups is 12. The van der Waals surface area contributed by atoms with Gasteiger partial charge in [0, 0.05) is 82.3 Å². The Hall–Kier alpha value is -2.02. The summed E-state index contributed by atoms with van der Waals surface area (Å²) in [5.74, 6) is -9.29. The molecular weight excluding hydrogens is 1280 g/mol. The third-order valence-corrected chi connectivity index (χ3v) is 20.6. The number of amides is 3. The Labute approximate surface area is 570 Å². The molecule has 0 saturated heterocycles. The molecular formula is C56H92B11N3O18P4S. The number of rotatable bonds is 61. The molecule has 0 spiro atoms. The van der Waals surface area contributed by atoms with Gasteiger partial charge in [0.2, 0.25) is 5.91 Å². The average Bonchev–Trinajstić information content (AvgIpc) is 0.897. The van der Waals surface area contributed by atoms with Gasteiger partial charge in [-0.25, -0.2) is 0 Å². The third-order valence-electron chi connectivity index (χ3n) is 14.4. The van der Waals surface area contributed by atoms with Crippen molar-refractivity contribution >= 4 is 189 Å². The van der Waals surface area contributed by atoms with E-state index < -0.39 is 111 Å². The standard InChI is InChI=1S/C56H92B11N3O18P4S/c1-7-84-26-28-87-33-46(73)14-9-40(56(82)69-21-23-85-25-24-83-2)8-13-44(71)31-42(53(79)39-93(65-57,66-58)67(59)60)12-19-54(80)68-20-22-86-27-29-88-34-55(81)70-49(50(76)32-43(52(78)38-92(6)64)11-16-48(75)36-90(4)62)18-17-45(72)30-41(51(77)37-91(5)63)10-15-47(74)35-89(3)61/h40-43,49H,7-39H2,1-6H3,(H,68,80)(H,69,82)(H,70,81). The van der Waals surface area contributed by atoms with Crippen LogP contribution in [0.4, 0.5) is 0 Å². The normalized spacial score (nSPS) is 14.3. The van der Waals surface area contributed by atoms with Crippen LogP contribution in [0.5, 0.6) is 0 Å². The van der Waals surface area contributed by atoms with Crippen molar-refractivity contribution in [3.8, 4) is 0 Å². The van der Waals surface area contributed by atoms with E-state index in [4.69, 9.17) is 89.6 Å². The van der Waals surface area contributed by atoms with Crippen LogP contribution in [0, 0.1) is 23.7 Å². The average molecular weight is 1370 g/mol. The number of hydrogen-bond acceptors (Lipinski definition) is 18. The second-order valence-electron chi connectivity index (χ2n) is 22.9. The summed E-state index contributed by atoms with van der Waals surface area (Å²) in [6.07, 6.45) is -0.919. The van der Waals surface area contributed by atoms with E-state index in [-0.39, 0.29) is 220 Å². The minimum atomic E-state index is -2.50. The van der Waals surface area contributed by atoms with Gasteiger partial charge in [0.15, 0.2) is 5.78 Å². The Bertz CT molecular complexity index is 2460. The van der Waals surface area contributed by atoms with Crippen molar-refractivity contribution in [1.82, 2.24) is 16.0 Å². The second kappa shape index (κ2) is 54.8. The molecule has 3 amide bonds. The molecule has 9 atom stereocenters. The first-order valence-corrected chi connectivity index (χ1v) is 41.3. The first-order valence-electron chi connectivity index (χ1n) is 31.2. The monoisotopic (exact) mass is 1370 g/mol. The maximum atomic E-state index is 14.1. The number of Topliss-reactive ketones (excluding diaryl/α,β-unsaturated/α-hetero) is 9. The van der Waals surface area contributed by atoms with E-state index >= 15 is 0 Å². The van der Waals surface area contributed by atoms with Crippen molar-refractivity contribution in [1.29, 1.82) is 0 Å². The molecule has 0 saturated carbocycles. The fourth-order valence-corrected chi connectivity index (χ4v) is 13.8. The van der Waals surface area contributed by atoms with Crippen molar-refractivity contribution in [2.45, 2.75) is 109 Å². The van der Waals surface area contributed by atoms with Gasteiger partial charge in [-0.1, -0.05) is 26.7 Å². The molecule has 0 aliphatic heterocycles. The summed E-state index contributed by atoms with van der Waals surface area (Å²) in [6.45, 7) is 10.0. The van der Waals surface area contributed by atoms with Crippen LogP contribution in [-0.2, 0) is 86.0 Å². The summed E-state index contributed by atoms with van der Waals surface area (Å²) < 4.78 is 32.2. The molecule has 498 valence electrons. The second-order valence-corrected chi connectivity index (χ2v) is 33.4. The molecule has 0 heterocycles. The van der Waals surface area contributed by atoms with Gasteiger partial charge in [0.05, 0.1) is 45.7 Å². The Morgan fingerprint density at radius 2 is 0.871 bits per heavy atom. The molecule has 0 aromatic rings. The zero-order chi connectivity index (χ0) is 70.3. The Kier molecular flexibility index (Phi) is 53.7. The summed E-state index contributed by atoms with van der Waals surface area (Å²) in [5.41, 5.74) is 0. The predicted octanol–water partition coefficient (Wildman–Crippen LogP) is 1.20. The van der Waals surface area contributed by atoms with Crippen LogP contribution in [0.25, 0.3) is 0 Å². The van der Waals surface area contributed by atoms with Crippen molar-refractivity contribution < 1.29 is 86.0 Å². The van der Waals surface area contributed by atoms with E-state index in [2.05, 4.69) is 16.0 Å². The van der Waals surface area contributed by atoms with Crippen LogP contribution in [0.3, 0.4) is 0 Å². The van der Waals surface area contributed by atoms with E-state index in [0.717, 1.165) is 0 Å². The molecule has 9 unspecified atom stereocenters. The molecule has 37 heteroatoms. The van der Waals surface area contributed by atoms with E-state index in [0.29, 0.717) is 26.4 Å². The van der Waals surface area contributed by atoms with Crippen LogP contribution in [0.2, 0.25) is 0 Å². The Morgan fingerprint density at radius 3 is 1.37 bits per heavy atom. The predicted molar refractivity (Wildman–Crippen MR) is 384 cm³/mol. The number of carbonyl (C=O) groups excluding carboxylic acids is 12. The van der Waals surface area contributed by atoms with Crippen molar-refractivity contribution in [3.63, 3.8) is 0 Å². The molecule has 0 fully saturated rings. The van der Waals surface area contributed by atoms with Gasteiger partial charge in [0.1, 0.15) is 72.4 Å². The van der Waals surface area contributed by atoms with Crippen LogP contribution in [0.1, 0.15) is 103 Å². The molecule has 0 aromatic heterocycles. The molecule has 3 N–H and O–H groups in total. The number of methoxy groups -OCH3 is 1. The van der Waals surface area contributed by atoms with Gasteiger partial charge in [0.25, 0.3) is 0 Å². The van der Waals surface area contributed by atoms with Gasteiger partial charge in [-0.3, -0.25) is 38.4 Å². The number of nitrogens with one attached hydrogen (secondary N) is 3. The summed E-state index contributed by atoms with van der Waals surface area (Å²) in [7, 11) is 42.2. The maximum absolute atomic E-state index is 14.1. The number of hydrogen-bond donors (Lipinski definition) is 3. The molecule has 0 aromatic carbocycles. The molecule has 21 nitrogen and oxygen atoms in total. The van der Waals surface area contributed by atoms with Crippen molar-refractivity contribution in [3.05, 3.63) is 0 Å². The summed E-state index contributed by atoms with van der Waals surface area (Å²) >= 11 is 0. The third kappa shape index (κ3) is 46.1. The fourth-order valence-electron chi connectivity index (χ4n) is 9.32. The zero-order valence-electron chi connectivity index (χ0n) is 55.6. The van der Waals surface area contributed by atoms with E-state index in [1.807, 2.05) is 6.92 Å². The Morgan fingerprint density at radius 1 is 0.452 bits per heavy atom. The van der Waals surface area contributed by atoms with Crippen LogP contribution in [-0.4, -0.2) is 305 Å². The van der Waals surface area contributed by atoms with Gasteiger partial charge in [-0.15, -0.1) is 0 Å². The van der Waals surface area contributed by atoms with Crippen molar-refractivity contribution in [2.75, 3.05) is 150 Å². The quantitative estimate of drug-likeness (QED) is 0.0438. The van der Waals surface area contributed by atoms with Gasteiger partial charge < -0.3 is 29.0 Å². The van der Waals surface area contributed by atoms with Crippen molar-refractivity contribution in [2.24, 2.45) is 23.7 Å². The fraction of sp³-hybridized carbons (Fsp3) is 0.786. The summed E-state index contributed by atoms with van der Waals surface area (Å²) in [5, 5.41) is 8.13. The van der Waals surface area contributed by atoms with E-state index in [1.54, 1.807) is 26.7 Å². The molecule has 0 bridgehead atoms. The molecule has 0 aliphatic carbocycles. The first kappa shape index (κ1) is 91.0. The van der Waals surface area contributed by atoms with E-state index in [9.17, 15) is 57.5 Å². The van der Waals surface area contributed by atoms with Crippen LogP contribution >= 0.6 is 39.9 Å².